The first-order valence-corrected chi connectivity index (χ1v) is 6.61. The molecule has 0 saturated heterocycles. The molecule has 0 saturated carbocycles. The van der Waals surface area contributed by atoms with Crippen LogP contribution in [-0.2, 0) is 0 Å². The van der Waals surface area contributed by atoms with Gasteiger partial charge in [-0.3, -0.25) is 0 Å². The summed E-state index contributed by atoms with van der Waals surface area (Å²) in [6, 6.07) is 3.82. The highest BCUT2D eigenvalue weighted by Gasteiger charge is 2.08. The van der Waals surface area contributed by atoms with Crippen molar-refractivity contribution in [3.05, 3.63) is 23.9 Å². The minimum Gasteiger partial charge on any atom is -0.389 e. The Morgan fingerprint density at radius 1 is 1.33 bits per heavy atom. The SMILES string of the molecule is CCCN(CCN(C)C)c1cc(C(N)=S)ccn1. The second-order valence-corrected chi connectivity index (χ2v) is 5.00. The van der Waals surface area contributed by atoms with Crippen LogP contribution in [-0.4, -0.2) is 48.6 Å². The molecule has 1 aromatic rings. The molecule has 0 aromatic carbocycles. The summed E-state index contributed by atoms with van der Waals surface area (Å²) < 4.78 is 0. The lowest BCUT2D eigenvalue weighted by Gasteiger charge is -2.25. The van der Waals surface area contributed by atoms with Crippen molar-refractivity contribution in [1.29, 1.82) is 0 Å². The van der Waals surface area contributed by atoms with Crippen LogP contribution < -0.4 is 10.6 Å². The molecule has 4 nitrogen and oxygen atoms in total. The molecule has 0 radical (unpaired) electrons. The molecule has 0 aliphatic carbocycles. The Hall–Kier alpha value is -1.20. The Morgan fingerprint density at radius 3 is 2.61 bits per heavy atom. The van der Waals surface area contributed by atoms with Crippen LogP contribution in [0.15, 0.2) is 18.3 Å². The molecular formula is C13H22N4S. The second kappa shape index (κ2) is 7.28. The van der Waals surface area contributed by atoms with Crippen LogP contribution >= 0.6 is 12.2 Å². The van der Waals surface area contributed by atoms with E-state index in [2.05, 4.69) is 35.8 Å². The predicted octanol–water partition coefficient (Wildman–Crippen LogP) is 1.49. The van der Waals surface area contributed by atoms with Gasteiger partial charge >= 0.3 is 0 Å². The highest BCUT2D eigenvalue weighted by atomic mass is 32.1. The monoisotopic (exact) mass is 266 g/mol. The molecule has 5 heteroatoms. The number of rotatable bonds is 7. The van der Waals surface area contributed by atoms with Gasteiger partial charge < -0.3 is 15.5 Å². The Labute approximate surface area is 115 Å². The number of pyridine rings is 1. The standard InChI is InChI=1S/C13H22N4S/c1-4-7-17(9-8-16(2)3)12-10-11(13(14)18)5-6-15-12/h5-6,10H,4,7-9H2,1-3H3,(H2,14,18). The van der Waals surface area contributed by atoms with E-state index in [-0.39, 0.29) is 0 Å². The third-order valence-corrected chi connectivity index (χ3v) is 2.90. The predicted molar refractivity (Wildman–Crippen MR) is 81.2 cm³/mol. The van der Waals surface area contributed by atoms with Crippen molar-refractivity contribution in [2.24, 2.45) is 5.73 Å². The average Bonchev–Trinajstić information content (AvgIpc) is 2.34. The molecule has 100 valence electrons. The second-order valence-electron chi connectivity index (χ2n) is 4.56. The lowest BCUT2D eigenvalue weighted by atomic mass is 10.2. The summed E-state index contributed by atoms with van der Waals surface area (Å²) in [5.41, 5.74) is 6.53. The number of likely N-dealkylation sites (N-methyl/N-ethyl adjacent to an activating group) is 1. The van der Waals surface area contributed by atoms with Gasteiger partial charge in [0.05, 0.1) is 0 Å². The summed E-state index contributed by atoms with van der Waals surface area (Å²) in [6.45, 7) is 5.11. The summed E-state index contributed by atoms with van der Waals surface area (Å²) in [4.78, 5) is 9.26. The fourth-order valence-electron chi connectivity index (χ4n) is 1.68. The van der Waals surface area contributed by atoms with Gasteiger partial charge in [0, 0.05) is 31.4 Å². The summed E-state index contributed by atoms with van der Waals surface area (Å²) >= 11 is 5.00. The Balaban J connectivity index is 2.83. The van der Waals surface area contributed by atoms with E-state index in [1.165, 1.54) is 0 Å². The largest absolute Gasteiger partial charge is 0.389 e. The lowest BCUT2D eigenvalue weighted by molar-refractivity contribution is 0.412. The zero-order chi connectivity index (χ0) is 13.5. The summed E-state index contributed by atoms with van der Waals surface area (Å²) in [5.74, 6) is 0.948. The highest BCUT2D eigenvalue weighted by molar-refractivity contribution is 7.80. The molecule has 18 heavy (non-hydrogen) atoms. The van der Waals surface area contributed by atoms with E-state index in [9.17, 15) is 0 Å². The van der Waals surface area contributed by atoms with Crippen molar-refractivity contribution in [3.63, 3.8) is 0 Å². The molecule has 0 atom stereocenters. The first kappa shape index (κ1) is 14.9. The molecule has 0 bridgehead atoms. The van der Waals surface area contributed by atoms with Gasteiger partial charge in [0.1, 0.15) is 10.8 Å². The normalized spacial score (nSPS) is 10.7. The molecule has 0 fully saturated rings. The number of thiocarbonyl (C=S) groups is 1. The Morgan fingerprint density at radius 2 is 2.06 bits per heavy atom. The minimum absolute atomic E-state index is 0.419. The van der Waals surface area contributed by atoms with Crippen LogP contribution in [0.1, 0.15) is 18.9 Å². The van der Waals surface area contributed by atoms with Gasteiger partial charge in [-0.25, -0.2) is 4.98 Å². The Kier molecular flexibility index (Phi) is 6.01. The molecule has 0 spiro atoms. The van der Waals surface area contributed by atoms with Gasteiger partial charge in [0.25, 0.3) is 0 Å². The van der Waals surface area contributed by atoms with Crippen molar-refractivity contribution in [2.45, 2.75) is 13.3 Å². The van der Waals surface area contributed by atoms with Gasteiger partial charge in [-0.1, -0.05) is 19.1 Å². The molecule has 1 aromatic heterocycles. The van der Waals surface area contributed by atoms with E-state index >= 15 is 0 Å². The molecule has 1 heterocycles. The molecule has 0 amide bonds. The third kappa shape index (κ3) is 4.58. The van der Waals surface area contributed by atoms with Crippen LogP contribution in [0.5, 0.6) is 0 Å². The van der Waals surface area contributed by atoms with Crippen LogP contribution in [0.3, 0.4) is 0 Å². The van der Waals surface area contributed by atoms with Crippen LogP contribution in [0.25, 0.3) is 0 Å². The Bertz CT molecular complexity index is 392. The van der Waals surface area contributed by atoms with Gasteiger partial charge in [-0.2, -0.15) is 0 Å². The number of nitrogens with zero attached hydrogens (tertiary/aromatic N) is 3. The maximum atomic E-state index is 5.66. The van der Waals surface area contributed by atoms with E-state index in [4.69, 9.17) is 18.0 Å². The van der Waals surface area contributed by atoms with E-state index in [1.54, 1.807) is 6.20 Å². The summed E-state index contributed by atoms with van der Waals surface area (Å²) in [7, 11) is 4.14. The van der Waals surface area contributed by atoms with Gasteiger partial charge in [-0.05, 0) is 32.6 Å². The number of anilines is 1. The van der Waals surface area contributed by atoms with E-state index in [1.807, 2.05) is 12.1 Å². The fraction of sp³-hybridized carbons (Fsp3) is 0.538. The fourth-order valence-corrected chi connectivity index (χ4v) is 1.80. The van der Waals surface area contributed by atoms with Crippen molar-refractivity contribution >= 4 is 23.0 Å². The zero-order valence-corrected chi connectivity index (χ0v) is 12.2. The van der Waals surface area contributed by atoms with Crippen LogP contribution in [0, 0.1) is 0 Å². The number of aromatic nitrogens is 1. The number of hydrogen-bond acceptors (Lipinski definition) is 4. The zero-order valence-electron chi connectivity index (χ0n) is 11.4. The summed E-state index contributed by atoms with van der Waals surface area (Å²) in [6.07, 6.45) is 2.86. The third-order valence-electron chi connectivity index (χ3n) is 2.66. The van der Waals surface area contributed by atoms with Gasteiger partial charge in [0.15, 0.2) is 0 Å². The molecular weight excluding hydrogens is 244 g/mol. The first-order valence-electron chi connectivity index (χ1n) is 6.20. The van der Waals surface area contributed by atoms with E-state index < -0.39 is 0 Å². The van der Waals surface area contributed by atoms with Gasteiger partial charge in [-0.15, -0.1) is 0 Å². The maximum absolute atomic E-state index is 5.66. The van der Waals surface area contributed by atoms with Gasteiger partial charge in [0.2, 0.25) is 0 Å². The van der Waals surface area contributed by atoms with Crippen molar-refractivity contribution in [2.75, 3.05) is 38.6 Å². The lowest BCUT2D eigenvalue weighted by Crippen LogP contribution is -2.33. The van der Waals surface area contributed by atoms with Crippen molar-refractivity contribution < 1.29 is 0 Å². The quantitative estimate of drug-likeness (QED) is 0.758. The van der Waals surface area contributed by atoms with E-state index in [0.29, 0.717) is 4.99 Å². The topological polar surface area (TPSA) is 45.4 Å². The van der Waals surface area contributed by atoms with Crippen LogP contribution in [0.2, 0.25) is 0 Å². The summed E-state index contributed by atoms with van der Waals surface area (Å²) in [5, 5.41) is 0. The van der Waals surface area contributed by atoms with Crippen LogP contribution in [0.4, 0.5) is 5.82 Å². The smallest absolute Gasteiger partial charge is 0.129 e. The molecule has 0 aliphatic heterocycles. The average molecular weight is 266 g/mol. The number of nitrogens with two attached hydrogens (primary N) is 1. The van der Waals surface area contributed by atoms with E-state index in [0.717, 1.165) is 37.4 Å². The van der Waals surface area contributed by atoms with Crippen molar-refractivity contribution in [1.82, 2.24) is 9.88 Å². The van der Waals surface area contributed by atoms with Crippen molar-refractivity contribution in [3.8, 4) is 0 Å². The molecule has 1 rings (SSSR count). The number of hydrogen-bond donors (Lipinski definition) is 1. The molecule has 0 unspecified atom stereocenters. The molecule has 2 N–H and O–H groups in total. The minimum atomic E-state index is 0.419. The highest BCUT2D eigenvalue weighted by Crippen LogP contribution is 2.13. The molecule has 0 aliphatic rings. The first-order chi connectivity index (χ1) is 8.54. The maximum Gasteiger partial charge on any atom is 0.129 e.